The first-order valence-electron chi connectivity index (χ1n) is 5.94. The number of nitrogens with one attached hydrogen (secondary N) is 2. The number of aromatic nitrogens is 2. The lowest BCUT2D eigenvalue weighted by atomic mass is 10.2. The highest BCUT2D eigenvalue weighted by atomic mass is 32.2. The fraction of sp³-hybridized carbons (Fsp3) is 0.231. The Labute approximate surface area is 113 Å². The second kappa shape index (κ2) is 4.62. The minimum atomic E-state index is -0.613. The molecule has 0 saturated carbocycles. The number of hydrogen-bond donors (Lipinski definition) is 2. The van der Waals surface area contributed by atoms with Gasteiger partial charge in [0.15, 0.2) is 0 Å². The molecule has 2 N–H and O–H groups in total. The topological polar surface area (TPSA) is 69.0 Å². The molecule has 1 aliphatic heterocycles. The van der Waals surface area contributed by atoms with Crippen LogP contribution >= 0.6 is 11.8 Å². The summed E-state index contributed by atoms with van der Waals surface area (Å²) in [6.45, 7) is 0.781. The highest BCUT2D eigenvalue weighted by molar-refractivity contribution is 7.99. The number of thioether (sulfide) groups is 1. The Hall–Kier alpha value is -1.95. The molecule has 19 heavy (non-hydrogen) atoms. The number of nitrogens with zero attached hydrogens (tertiary/aromatic N) is 1. The molecule has 0 aliphatic carbocycles. The number of anilines is 1. The third kappa shape index (κ3) is 2.19. The zero-order chi connectivity index (χ0) is 13.4. The third-order valence-corrected chi connectivity index (χ3v) is 4.44. The van der Waals surface area contributed by atoms with E-state index in [1.807, 2.05) is 19.2 Å². The van der Waals surface area contributed by atoms with Crippen molar-refractivity contribution >= 4 is 17.4 Å². The Morgan fingerprint density at radius 3 is 2.84 bits per heavy atom. The largest absolute Gasteiger partial charge is 0.372 e. The maximum absolute atomic E-state index is 11.4. The van der Waals surface area contributed by atoms with E-state index < -0.39 is 11.1 Å². The van der Waals surface area contributed by atoms with Crippen molar-refractivity contribution in [2.45, 2.75) is 10.1 Å². The molecule has 1 aliphatic rings. The molecule has 0 radical (unpaired) electrons. The van der Waals surface area contributed by atoms with Gasteiger partial charge in [0, 0.05) is 30.4 Å². The van der Waals surface area contributed by atoms with Crippen molar-refractivity contribution in [1.82, 2.24) is 9.97 Å². The summed E-state index contributed by atoms with van der Waals surface area (Å²) in [6.07, 6.45) is 1.59. The van der Waals surface area contributed by atoms with Crippen LogP contribution in [0.4, 0.5) is 5.69 Å². The first-order chi connectivity index (χ1) is 9.15. The Bertz CT molecular complexity index is 722. The van der Waals surface area contributed by atoms with Crippen molar-refractivity contribution < 1.29 is 0 Å². The Balaban J connectivity index is 1.99. The molecule has 1 unspecified atom stereocenters. The van der Waals surface area contributed by atoms with Gasteiger partial charge in [0.25, 0.3) is 0 Å². The van der Waals surface area contributed by atoms with Crippen LogP contribution in [0.15, 0.2) is 44.9 Å². The molecule has 98 valence electrons. The van der Waals surface area contributed by atoms with Crippen LogP contribution in [0.1, 0.15) is 10.9 Å². The van der Waals surface area contributed by atoms with Gasteiger partial charge in [-0.15, -0.1) is 11.8 Å². The molecule has 5 nitrogen and oxygen atoms in total. The van der Waals surface area contributed by atoms with E-state index in [1.165, 1.54) is 10.6 Å². The van der Waals surface area contributed by atoms with E-state index in [0.717, 1.165) is 12.2 Å². The fourth-order valence-corrected chi connectivity index (χ4v) is 3.54. The smallest absolute Gasteiger partial charge is 0.313 e. The Morgan fingerprint density at radius 1 is 1.26 bits per heavy atom. The monoisotopic (exact) mass is 275 g/mol. The minimum absolute atomic E-state index is 0.101. The van der Waals surface area contributed by atoms with Gasteiger partial charge in [0.2, 0.25) is 0 Å². The number of hydrogen-bond acceptors (Lipinski definition) is 4. The van der Waals surface area contributed by atoms with Gasteiger partial charge in [-0.3, -0.25) is 9.59 Å². The Kier molecular flexibility index (Phi) is 2.94. The molecule has 0 amide bonds. The molecule has 0 fully saturated rings. The average Bonchev–Trinajstić information content (AvgIpc) is 2.42. The lowest BCUT2D eigenvalue weighted by Crippen LogP contribution is -2.33. The van der Waals surface area contributed by atoms with Crippen molar-refractivity contribution in [3.05, 3.63) is 56.9 Å². The zero-order valence-electron chi connectivity index (χ0n) is 10.3. The molecular weight excluding hydrogens is 262 g/mol. The van der Waals surface area contributed by atoms with E-state index in [-0.39, 0.29) is 5.25 Å². The van der Waals surface area contributed by atoms with Gasteiger partial charge in [-0.1, -0.05) is 12.1 Å². The normalized spacial score (nSPS) is 18.2. The average molecular weight is 275 g/mol. The summed E-state index contributed by atoms with van der Waals surface area (Å²) >= 11 is 1.69. The van der Waals surface area contributed by atoms with Gasteiger partial charge < -0.3 is 14.9 Å². The summed E-state index contributed by atoms with van der Waals surface area (Å²) in [5.41, 5.74) is 0.726. The van der Waals surface area contributed by atoms with E-state index in [4.69, 9.17) is 0 Å². The van der Waals surface area contributed by atoms with Crippen molar-refractivity contribution in [3.63, 3.8) is 0 Å². The summed E-state index contributed by atoms with van der Waals surface area (Å²) in [5, 5.41) is 0.101. The summed E-state index contributed by atoms with van der Waals surface area (Å²) in [5.74, 6) is 0. The summed E-state index contributed by atoms with van der Waals surface area (Å²) in [7, 11) is 2.02. The van der Waals surface area contributed by atoms with Crippen LogP contribution in [0, 0.1) is 0 Å². The third-order valence-electron chi connectivity index (χ3n) is 3.16. The maximum Gasteiger partial charge on any atom is 0.313 e. The number of para-hydroxylation sites is 1. The van der Waals surface area contributed by atoms with Gasteiger partial charge in [0.1, 0.15) is 0 Å². The molecule has 0 bridgehead atoms. The van der Waals surface area contributed by atoms with Crippen LogP contribution in [0.5, 0.6) is 0 Å². The second-order valence-electron chi connectivity index (χ2n) is 4.48. The summed E-state index contributed by atoms with van der Waals surface area (Å²) in [4.78, 5) is 30.9. The van der Waals surface area contributed by atoms with Crippen molar-refractivity contribution in [3.8, 4) is 0 Å². The maximum atomic E-state index is 11.4. The van der Waals surface area contributed by atoms with Gasteiger partial charge >= 0.3 is 11.1 Å². The van der Waals surface area contributed by atoms with Crippen molar-refractivity contribution in [2.24, 2.45) is 0 Å². The fourth-order valence-electron chi connectivity index (χ4n) is 2.18. The lowest BCUT2D eigenvalue weighted by molar-refractivity contribution is 0.797. The quantitative estimate of drug-likeness (QED) is 0.771. The molecule has 1 aromatic carbocycles. The summed E-state index contributed by atoms with van der Waals surface area (Å²) < 4.78 is 0. The van der Waals surface area contributed by atoms with Crippen LogP contribution in [0.2, 0.25) is 0 Å². The second-order valence-corrected chi connectivity index (χ2v) is 5.73. The van der Waals surface area contributed by atoms with E-state index in [1.54, 1.807) is 18.0 Å². The van der Waals surface area contributed by atoms with Gasteiger partial charge in [-0.25, -0.2) is 0 Å². The van der Waals surface area contributed by atoms with Crippen molar-refractivity contribution in [2.75, 3.05) is 18.5 Å². The molecular formula is C13H13N3O2S. The zero-order valence-corrected chi connectivity index (χ0v) is 11.2. The molecule has 0 spiro atoms. The molecule has 1 aromatic heterocycles. The SMILES string of the molecule is CN1CC(c2c[nH]c(=O)c(=O)[nH]2)Sc2ccccc21. The predicted molar refractivity (Wildman–Crippen MR) is 76.0 cm³/mol. The minimum Gasteiger partial charge on any atom is -0.372 e. The Morgan fingerprint density at radius 2 is 2.05 bits per heavy atom. The molecule has 6 heteroatoms. The summed E-state index contributed by atoms with van der Waals surface area (Å²) in [6, 6.07) is 8.15. The highest BCUT2D eigenvalue weighted by Gasteiger charge is 2.24. The van der Waals surface area contributed by atoms with Crippen LogP contribution in [-0.2, 0) is 0 Å². The molecule has 2 heterocycles. The standard InChI is InChI=1S/C13H13N3O2S/c1-16-7-11(8-6-14-12(17)13(18)15-8)19-10-5-3-2-4-9(10)16/h2-6,11H,7H2,1H3,(H,14,17)(H,15,18). The molecule has 2 aromatic rings. The molecule has 3 rings (SSSR count). The molecule has 0 saturated heterocycles. The van der Waals surface area contributed by atoms with Crippen LogP contribution < -0.4 is 16.0 Å². The van der Waals surface area contributed by atoms with E-state index in [2.05, 4.69) is 27.0 Å². The van der Waals surface area contributed by atoms with E-state index in [9.17, 15) is 9.59 Å². The van der Waals surface area contributed by atoms with Gasteiger partial charge in [0.05, 0.1) is 10.9 Å². The number of benzene rings is 1. The lowest BCUT2D eigenvalue weighted by Gasteiger charge is -2.32. The number of H-pyrrole nitrogens is 2. The first kappa shape index (κ1) is 12.1. The van der Waals surface area contributed by atoms with E-state index in [0.29, 0.717) is 0 Å². The molecule has 1 atom stereocenters. The van der Waals surface area contributed by atoms with Crippen LogP contribution in [-0.4, -0.2) is 23.6 Å². The van der Waals surface area contributed by atoms with Gasteiger partial charge in [-0.05, 0) is 12.1 Å². The highest BCUT2D eigenvalue weighted by Crippen LogP contribution is 2.43. The predicted octanol–water partition coefficient (Wildman–Crippen LogP) is 1.35. The number of fused-ring (bicyclic) bond motifs is 1. The number of rotatable bonds is 1. The first-order valence-corrected chi connectivity index (χ1v) is 6.82. The van der Waals surface area contributed by atoms with Crippen molar-refractivity contribution in [1.29, 1.82) is 0 Å². The van der Waals surface area contributed by atoms with Crippen LogP contribution in [0.3, 0.4) is 0 Å². The number of likely N-dealkylation sites (N-methyl/N-ethyl adjacent to an activating group) is 1. The number of aromatic amines is 2. The van der Waals surface area contributed by atoms with Gasteiger partial charge in [-0.2, -0.15) is 0 Å². The van der Waals surface area contributed by atoms with Crippen LogP contribution in [0.25, 0.3) is 0 Å². The van der Waals surface area contributed by atoms with E-state index >= 15 is 0 Å².